The summed E-state index contributed by atoms with van der Waals surface area (Å²) in [5.74, 6) is -0.261. The van der Waals surface area contributed by atoms with Gasteiger partial charge in [-0.1, -0.05) is 0 Å². The molecule has 1 saturated heterocycles. The second-order valence-electron chi connectivity index (χ2n) is 7.61. The van der Waals surface area contributed by atoms with Gasteiger partial charge in [-0.15, -0.1) is 11.3 Å². The number of aryl methyl sites for hydroxylation is 1. The number of halogens is 3. The van der Waals surface area contributed by atoms with Crippen LogP contribution in [0.3, 0.4) is 0 Å². The molecule has 31 heavy (non-hydrogen) atoms. The fourth-order valence-electron chi connectivity index (χ4n) is 3.69. The molecule has 1 aliphatic rings. The van der Waals surface area contributed by atoms with Crippen LogP contribution < -0.4 is 10.1 Å². The number of rotatable bonds is 5. The summed E-state index contributed by atoms with van der Waals surface area (Å²) in [7, 11) is 1.55. The fourth-order valence-corrected chi connectivity index (χ4v) is 4.58. The van der Waals surface area contributed by atoms with Gasteiger partial charge in [0.25, 0.3) is 0 Å². The highest BCUT2D eigenvalue weighted by Gasteiger charge is 2.36. The highest BCUT2D eigenvalue weighted by atomic mass is 32.1. The van der Waals surface area contributed by atoms with Gasteiger partial charge in [0.1, 0.15) is 6.10 Å². The van der Waals surface area contributed by atoms with Gasteiger partial charge < -0.3 is 10.1 Å². The van der Waals surface area contributed by atoms with Gasteiger partial charge in [-0.3, -0.25) is 14.4 Å². The normalized spacial score (nSPS) is 19.8. The minimum absolute atomic E-state index is 0.00499. The smallest absolute Gasteiger partial charge is 0.417 e. The summed E-state index contributed by atoms with van der Waals surface area (Å²) in [6, 6.07) is 1.11. The van der Waals surface area contributed by atoms with Crippen molar-refractivity contribution in [1.82, 2.24) is 24.6 Å². The molecule has 3 aromatic rings. The summed E-state index contributed by atoms with van der Waals surface area (Å²) in [5, 5.41) is 7.15. The number of fused-ring (bicyclic) bond motifs is 1. The Hall–Kier alpha value is -2.73. The molecule has 12 heteroatoms. The van der Waals surface area contributed by atoms with E-state index in [1.165, 1.54) is 29.1 Å². The number of hydrogen-bond acceptors (Lipinski definition) is 7. The number of aromatic nitrogens is 4. The summed E-state index contributed by atoms with van der Waals surface area (Å²) >= 11 is 1.39. The van der Waals surface area contributed by atoms with E-state index in [2.05, 4.69) is 25.3 Å². The first-order valence-corrected chi connectivity index (χ1v) is 10.4. The molecule has 0 aliphatic carbocycles. The molecule has 1 amide bonds. The van der Waals surface area contributed by atoms with Crippen molar-refractivity contribution < 1.29 is 22.7 Å². The molecule has 0 aromatic carbocycles. The average molecular weight is 454 g/mol. The summed E-state index contributed by atoms with van der Waals surface area (Å²) in [6.45, 7) is 4.61. The minimum Gasteiger partial charge on any atom is -0.473 e. The Morgan fingerprint density at radius 1 is 1.42 bits per heavy atom. The molecule has 1 aliphatic heterocycles. The van der Waals surface area contributed by atoms with Crippen molar-refractivity contribution in [2.75, 3.05) is 11.9 Å². The number of carbonyl (C=O) groups is 1. The molecule has 8 nitrogen and oxygen atoms in total. The van der Waals surface area contributed by atoms with Crippen LogP contribution in [0, 0.1) is 0 Å². The van der Waals surface area contributed by atoms with Crippen LogP contribution in [0.5, 0.6) is 5.88 Å². The van der Waals surface area contributed by atoms with Gasteiger partial charge in [0.15, 0.2) is 10.8 Å². The van der Waals surface area contributed by atoms with Crippen LogP contribution >= 0.6 is 11.3 Å². The Morgan fingerprint density at radius 3 is 2.90 bits per heavy atom. The maximum absolute atomic E-state index is 13.5. The van der Waals surface area contributed by atoms with Crippen LogP contribution in [0.15, 0.2) is 18.5 Å². The first-order valence-electron chi connectivity index (χ1n) is 9.63. The number of ether oxygens (including phenoxy) is 1. The number of pyridine rings is 1. The third kappa shape index (κ3) is 4.79. The van der Waals surface area contributed by atoms with Gasteiger partial charge in [0.2, 0.25) is 11.8 Å². The second kappa shape index (κ2) is 8.08. The Labute approximate surface area is 180 Å². The lowest BCUT2D eigenvalue weighted by molar-refractivity contribution is -0.136. The number of alkyl halides is 3. The summed E-state index contributed by atoms with van der Waals surface area (Å²) in [4.78, 5) is 22.6. The monoisotopic (exact) mass is 454 g/mol. The number of nitrogens with one attached hydrogen (secondary N) is 1. The number of carbonyl (C=O) groups excluding carboxylic acids is 1. The third-order valence-corrected chi connectivity index (χ3v) is 5.93. The van der Waals surface area contributed by atoms with Crippen molar-refractivity contribution in [3.63, 3.8) is 0 Å². The molecule has 0 saturated carbocycles. The number of anilines is 1. The highest BCUT2D eigenvalue weighted by Crippen LogP contribution is 2.36. The van der Waals surface area contributed by atoms with E-state index in [1.54, 1.807) is 13.2 Å². The van der Waals surface area contributed by atoms with Crippen LogP contribution in [-0.2, 0) is 24.6 Å². The molecule has 1 N–H and O–H groups in total. The lowest BCUT2D eigenvalue weighted by Gasteiger charge is -2.19. The maximum atomic E-state index is 13.5. The molecule has 0 spiro atoms. The van der Waals surface area contributed by atoms with E-state index in [0.717, 1.165) is 10.9 Å². The van der Waals surface area contributed by atoms with Gasteiger partial charge in [-0.25, -0.2) is 4.98 Å². The standard InChI is InChI=1S/C19H21F3N6O2S/c1-10-4-12(7-28(10)8-13-6-23-18(31-13)24-11(2)29)30-16-5-15(19(20,21)22)14-9-27(3)26-17(14)25-16/h5-6,9-10,12H,4,7-8H2,1-3H3,(H,23,24,29)/t10-,12+/m0/s1. The van der Waals surface area contributed by atoms with Crippen molar-refractivity contribution >= 4 is 33.4 Å². The van der Waals surface area contributed by atoms with E-state index in [0.29, 0.717) is 24.6 Å². The minimum atomic E-state index is -4.53. The third-order valence-electron chi connectivity index (χ3n) is 5.04. The molecule has 3 aromatic heterocycles. The molecule has 166 valence electrons. The number of thiazole rings is 1. The summed E-state index contributed by atoms with van der Waals surface area (Å²) in [5.41, 5.74) is -0.802. The SMILES string of the molecule is CC(=O)Nc1ncc(CN2C[C@H](Oc3cc(C(F)(F)F)c4cn(C)nc4n3)C[C@@H]2C)s1. The topological polar surface area (TPSA) is 85.2 Å². The Morgan fingerprint density at radius 2 is 2.19 bits per heavy atom. The van der Waals surface area contributed by atoms with Crippen molar-refractivity contribution in [2.45, 2.75) is 45.1 Å². The Bertz CT molecular complexity index is 1110. The first-order chi connectivity index (χ1) is 14.6. The lowest BCUT2D eigenvalue weighted by Crippen LogP contribution is -2.27. The van der Waals surface area contributed by atoms with Gasteiger partial charge >= 0.3 is 6.18 Å². The zero-order valence-corrected chi connectivity index (χ0v) is 17.9. The molecule has 0 bridgehead atoms. The number of nitrogens with zero attached hydrogens (tertiary/aromatic N) is 5. The van der Waals surface area contributed by atoms with Crippen molar-refractivity contribution in [1.29, 1.82) is 0 Å². The van der Waals surface area contributed by atoms with Gasteiger partial charge in [0.05, 0.1) is 10.9 Å². The van der Waals surface area contributed by atoms with Gasteiger partial charge in [0, 0.05) is 62.9 Å². The van der Waals surface area contributed by atoms with Crippen molar-refractivity contribution in [3.05, 3.63) is 28.9 Å². The molecular formula is C19H21F3N6O2S. The second-order valence-corrected chi connectivity index (χ2v) is 8.73. The summed E-state index contributed by atoms with van der Waals surface area (Å²) in [6.07, 6.45) is -1.16. The molecule has 1 fully saturated rings. The molecule has 0 radical (unpaired) electrons. The van der Waals surface area contributed by atoms with Crippen LogP contribution in [0.4, 0.5) is 18.3 Å². The lowest BCUT2D eigenvalue weighted by atomic mass is 10.2. The zero-order chi connectivity index (χ0) is 22.3. The predicted octanol–water partition coefficient (Wildman–Crippen LogP) is 3.44. The molecule has 4 heterocycles. The number of likely N-dealkylation sites (tertiary alicyclic amines) is 1. The molecular weight excluding hydrogens is 433 g/mol. The maximum Gasteiger partial charge on any atom is 0.417 e. The van der Waals surface area contributed by atoms with Crippen LogP contribution in [0.25, 0.3) is 11.0 Å². The van der Waals surface area contributed by atoms with Gasteiger partial charge in [-0.2, -0.15) is 23.3 Å². The van der Waals surface area contributed by atoms with E-state index < -0.39 is 11.7 Å². The van der Waals surface area contributed by atoms with E-state index in [-0.39, 0.29) is 35.0 Å². The van der Waals surface area contributed by atoms with Crippen LogP contribution in [0.1, 0.15) is 30.7 Å². The van der Waals surface area contributed by atoms with E-state index in [1.807, 2.05) is 6.92 Å². The molecule has 0 unspecified atom stereocenters. The largest absolute Gasteiger partial charge is 0.473 e. The van der Waals surface area contributed by atoms with Crippen LogP contribution in [-0.4, -0.2) is 49.2 Å². The van der Waals surface area contributed by atoms with Crippen LogP contribution in [0.2, 0.25) is 0 Å². The highest BCUT2D eigenvalue weighted by molar-refractivity contribution is 7.15. The number of hydrogen-bond donors (Lipinski definition) is 1. The summed E-state index contributed by atoms with van der Waals surface area (Å²) < 4.78 is 47.7. The predicted molar refractivity (Wildman–Crippen MR) is 109 cm³/mol. The molecule has 4 rings (SSSR count). The Balaban J connectivity index is 1.47. The van der Waals surface area contributed by atoms with E-state index in [9.17, 15) is 18.0 Å². The molecule has 2 atom stereocenters. The van der Waals surface area contributed by atoms with Crippen molar-refractivity contribution in [3.8, 4) is 5.88 Å². The van der Waals surface area contributed by atoms with E-state index in [4.69, 9.17) is 4.74 Å². The van der Waals surface area contributed by atoms with E-state index >= 15 is 0 Å². The van der Waals surface area contributed by atoms with Crippen molar-refractivity contribution in [2.24, 2.45) is 7.05 Å². The van der Waals surface area contributed by atoms with Gasteiger partial charge in [-0.05, 0) is 6.92 Å². The average Bonchev–Trinajstić information content (AvgIpc) is 3.32. The fraction of sp³-hybridized carbons (Fsp3) is 0.474. The quantitative estimate of drug-likeness (QED) is 0.636. The first kappa shape index (κ1) is 21.5. The Kier molecular flexibility index (Phi) is 5.60. The number of amides is 1. The zero-order valence-electron chi connectivity index (χ0n) is 17.1.